The summed E-state index contributed by atoms with van der Waals surface area (Å²) in [4.78, 5) is 20.6. The van der Waals surface area contributed by atoms with Crippen LogP contribution < -0.4 is 10.1 Å². The number of nitrogens with zero attached hydrogens (tertiary/aromatic N) is 2. The number of hydrogen-bond acceptors (Lipinski definition) is 4. The van der Waals surface area contributed by atoms with E-state index in [1.807, 2.05) is 18.2 Å². The van der Waals surface area contributed by atoms with Gasteiger partial charge < -0.3 is 10.1 Å². The zero-order valence-corrected chi connectivity index (χ0v) is 14.5. The van der Waals surface area contributed by atoms with Crippen molar-refractivity contribution in [2.75, 3.05) is 6.54 Å². The first-order valence-corrected chi connectivity index (χ1v) is 8.51. The standard InChI is InChI=1S/C20H14F3N3O2/c21-15-9-17(23)16(22)8-14(15)20(27)26-10-12-7-11-3-1-4-13(18(11)28-12)19-24-5-2-6-25-19/h1-6,8-9,12H,7,10H2,(H,26,27). The monoisotopic (exact) mass is 385 g/mol. The summed E-state index contributed by atoms with van der Waals surface area (Å²) < 4.78 is 45.9. The predicted octanol–water partition coefficient (Wildman–Crippen LogP) is 3.29. The van der Waals surface area contributed by atoms with Crippen LogP contribution in [0.4, 0.5) is 13.2 Å². The molecule has 2 aromatic carbocycles. The predicted molar refractivity (Wildman–Crippen MR) is 94.2 cm³/mol. The molecule has 1 N–H and O–H groups in total. The minimum Gasteiger partial charge on any atom is -0.487 e. The largest absolute Gasteiger partial charge is 0.487 e. The van der Waals surface area contributed by atoms with Gasteiger partial charge in [0.15, 0.2) is 17.5 Å². The van der Waals surface area contributed by atoms with Crippen molar-refractivity contribution < 1.29 is 22.7 Å². The number of rotatable bonds is 4. The van der Waals surface area contributed by atoms with Crippen LogP contribution in [-0.2, 0) is 6.42 Å². The summed E-state index contributed by atoms with van der Waals surface area (Å²) >= 11 is 0. The molecule has 0 aliphatic carbocycles. The summed E-state index contributed by atoms with van der Waals surface area (Å²) in [5.74, 6) is -3.46. The lowest BCUT2D eigenvalue weighted by molar-refractivity contribution is 0.0929. The Balaban J connectivity index is 1.46. The molecule has 3 aromatic rings. The molecule has 0 radical (unpaired) electrons. The Hall–Kier alpha value is -3.42. The van der Waals surface area contributed by atoms with Gasteiger partial charge >= 0.3 is 0 Å². The van der Waals surface area contributed by atoms with Crippen LogP contribution >= 0.6 is 0 Å². The van der Waals surface area contributed by atoms with Crippen molar-refractivity contribution in [1.82, 2.24) is 15.3 Å². The van der Waals surface area contributed by atoms with Crippen LogP contribution in [-0.4, -0.2) is 28.5 Å². The fourth-order valence-electron chi connectivity index (χ4n) is 3.06. The van der Waals surface area contributed by atoms with Crippen molar-refractivity contribution in [2.24, 2.45) is 0 Å². The van der Waals surface area contributed by atoms with E-state index in [9.17, 15) is 18.0 Å². The van der Waals surface area contributed by atoms with Crippen molar-refractivity contribution >= 4 is 5.91 Å². The molecule has 8 heteroatoms. The topological polar surface area (TPSA) is 64.1 Å². The summed E-state index contributed by atoms with van der Waals surface area (Å²) in [6, 6.07) is 8.20. The normalized spacial score (nSPS) is 15.0. The Kier molecular flexibility index (Phi) is 4.68. The maximum Gasteiger partial charge on any atom is 0.254 e. The number of carbonyl (C=O) groups excluding carboxylic acids is 1. The number of para-hydroxylation sites is 1. The first-order valence-electron chi connectivity index (χ1n) is 8.51. The number of nitrogens with one attached hydrogen (secondary N) is 1. The maximum absolute atomic E-state index is 13.7. The molecule has 1 aromatic heterocycles. The SMILES string of the molecule is O=C(NCC1Cc2cccc(-c3ncccn3)c2O1)c1cc(F)c(F)cc1F. The van der Waals surface area contributed by atoms with E-state index in [1.165, 1.54) is 0 Å². The van der Waals surface area contributed by atoms with Gasteiger partial charge in [0.2, 0.25) is 0 Å². The highest BCUT2D eigenvalue weighted by Gasteiger charge is 2.27. The van der Waals surface area contributed by atoms with Crippen LogP contribution in [0.25, 0.3) is 11.4 Å². The van der Waals surface area contributed by atoms with Gasteiger partial charge in [-0.15, -0.1) is 0 Å². The van der Waals surface area contributed by atoms with Crippen LogP contribution in [0.1, 0.15) is 15.9 Å². The van der Waals surface area contributed by atoms with Crippen LogP contribution in [0.5, 0.6) is 5.75 Å². The Morgan fingerprint density at radius 3 is 2.61 bits per heavy atom. The molecule has 0 saturated heterocycles. The smallest absolute Gasteiger partial charge is 0.254 e. The summed E-state index contributed by atoms with van der Waals surface area (Å²) in [5, 5.41) is 2.50. The molecule has 0 fully saturated rings. The van der Waals surface area contributed by atoms with Crippen LogP contribution in [0, 0.1) is 17.5 Å². The highest BCUT2D eigenvalue weighted by Crippen LogP contribution is 2.37. The third-order valence-corrected chi connectivity index (χ3v) is 4.38. The molecule has 0 bridgehead atoms. The van der Waals surface area contributed by atoms with Gasteiger partial charge in [-0.05, 0) is 23.8 Å². The number of aromatic nitrogens is 2. The van der Waals surface area contributed by atoms with E-state index >= 15 is 0 Å². The van der Waals surface area contributed by atoms with Gasteiger partial charge in [-0.25, -0.2) is 23.1 Å². The molecule has 1 atom stereocenters. The van der Waals surface area contributed by atoms with Crippen molar-refractivity contribution in [1.29, 1.82) is 0 Å². The maximum atomic E-state index is 13.7. The van der Waals surface area contributed by atoms with E-state index in [-0.39, 0.29) is 6.54 Å². The number of ether oxygens (including phenoxy) is 1. The third kappa shape index (κ3) is 3.40. The van der Waals surface area contributed by atoms with Gasteiger partial charge in [0.05, 0.1) is 17.7 Å². The Morgan fingerprint density at radius 1 is 1.07 bits per heavy atom. The molecule has 4 rings (SSSR count). The lowest BCUT2D eigenvalue weighted by Crippen LogP contribution is -2.35. The molecule has 1 unspecified atom stereocenters. The first kappa shape index (κ1) is 18.0. The van der Waals surface area contributed by atoms with E-state index in [0.29, 0.717) is 30.1 Å². The van der Waals surface area contributed by atoms with Gasteiger partial charge in [0, 0.05) is 24.9 Å². The fraction of sp³-hybridized carbons (Fsp3) is 0.150. The number of halogens is 3. The highest BCUT2D eigenvalue weighted by molar-refractivity contribution is 5.94. The molecule has 142 valence electrons. The van der Waals surface area contributed by atoms with Gasteiger partial charge in [0.1, 0.15) is 17.7 Å². The lowest BCUT2D eigenvalue weighted by Gasteiger charge is -2.13. The summed E-state index contributed by atoms with van der Waals surface area (Å²) in [6.07, 6.45) is 3.39. The minimum atomic E-state index is -1.35. The molecule has 1 aliphatic rings. The van der Waals surface area contributed by atoms with Gasteiger partial charge in [-0.3, -0.25) is 4.79 Å². The second-order valence-electron chi connectivity index (χ2n) is 6.27. The number of amides is 1. The zero-order chi connectivity index (χ0) is 19.7. The number of hydrogen-bond donors (Lipinski definition) is 1. The quantitative estimate of drug-likeness (QED) is 0.700. The molecule has 2 heterocycles. The summed E-state index contributed by atoms with van der Waals surface area (Å²) in [5.41, 5.74) is 1.11. The third-order valence-electron chi connectivity index (χ3n) is 4.38. The molecule has 28 heavy (non-hydrogen) atoms. The number of fused-ring (bicyclic) bond motifs is 1. The average molecular weight is 385 g/mol. The Bertz CT molecular complexity index is 1040. The van der Waals surface area contributed by atoms with Gasteiger partial charge in [-0.1, -0.05) is 12.1 Å². The molecule has 1 aliphatic heterocycles. The minimum absolute atomic E-state index is 0.0705. The lowest BCUT2D eigenvalue weighted by atomic mass is 10.1. The molecule has 0 saturated carbocycles. The average Bonchev–Trinajstić information content (AvgIpc) is 3.12. The second-order valence-corrected chi connectivity index (χ2v) is 6.27. The van der Waals surface area contributed by atoms with E-state index in [2.05, 4.69) is 15.3 Å². The number of benzene rings is 2. The van der Waals surface area contributed by atoms with Crippen molar-refractivity contribution in [2.45, 2.75) is 12.5 Å². The molecular formula is C20H14F3N3O2. The first-order chi connectivity index (χ1) is 13.5. The van der Waals surface area contributed by atoms with E-state index in [0.717, 1.165) is 11.1 Å². The Morgan fingerprint density at radius 2 is 1.82 bits per heavy atom. The zero-order valence-electron chi connectivity index (χ0n) is 14.5. The van der Waals surface area contributed by atoms with Crippen molar-refractivity contribution in [3.63, 3.8) is 0 Å². The summed E-state index contributed by atoms with van der Waals surface area (Å²) in [6.45, 7) is 0.0705. The van der Waals surface area contributed by atoms with Crippen molar-refractivity contribution in [3.8, 4) is 17.1 Å². The van der Waals surface area contributed by atoms with E-state index in [1.54, 1.807) is 18.5 Å². The molecular weight excluding hydrogens is 371 g/mol. The van der Waals surface area contributed by atoms with Crippen LogP contribution in [0.2, 0.25) is 0 Å². The van der Waals surface area contributed by atoms with Crippen LogP contribution in [0.15, 0.2) is 48.8 Å². The van der Waals surface area contributed by atoms with Crippen molar-refractivity contribution in [3.05, 3.63) is 77.4 Å². The highest BCUT2D eigenvalue weighted by atomic mass is 19.2. The van der Waals surface area contributed by atoms with E-state index < -0.39 is 35.0 Å². The fourth-order valence-corrected chi connectivity index (χ4v) is 3.06. The number of carbonyl (C=O) groups is 1. The van der Waals surface area contributed by atoms with Gasteiger partial charge in [-0.2, -0.15) is 0 Å². The molecule has 5 nitrogen and oxygen atoms in total. The Labute approximate surface area is 158 Å². The molecule has 1 amide bonds. The summed E-state index contributed by atoms with van der Waals surface area (Å²) in [7, 11) is 0. The van der Waals surface area contributed by atoms with Crippen LogP contribution in [0.3, 0.4) is 0 Å². The van der Waals surface area contributed by atoms with E-state index in [4.69, 9.17) is 4.74 Å². The molecule has 0 spiro atoms. The van der Waals surface area contributed by atoms with Gasteiger partial charge in [0.25, 0.3) is 5.91 Å². The second kappa shape index (κ2) is 7.30.